The lowest BCUT2D eigenvalue weighted by molar-refractivity contribution is 1.26. The highest BCUT2D eigenvalue weighted by Crippen LogP contribution is 2.53. The van der Waals surface area contributed by atoms with Crippen molar-refractivity contribution < 1.29 is 0 Å². The van der Waals surface area contributed by atoms with Crippen molar-refractivity contribution in [1.29, 1.82) is 0 Å². The van der Waals surface area contributed by atoms with Crippen molar-refractivity contribution in [3.63, 3.8) is 0 Å². The number of rotatable bonds is 8. The van der Waals surface area contributed by atoms with Crippen molar-refractivity contribution >= 4 is 110 Å². The molecule has 0 radical (unpaired) electrons. The Morgan fingerprint density at radius 2 is 0.635 bits per heavy atom. The first-order chi connectivity index (χ1) is 36.4. The maximum absolute atomic E-state index is 2.56. The molecule has 0 saturated heterocycles. The molecule has 0 spiro atoms. The van der Waals surface area contributed by atoms with Crippen molar-refractivity contribution in [2.24, 2.45) is 0 Å². The number of hydrogen-bond donors (Lipinski definition) is 0. The third-order valence-electron chi connectivity index (χ3n) is 16.3. The zero-order valence-corrected chi connectivity index (χ0v) is 41.7. The summed E-state index contributed by atoms with van der Waals surface area (Å²) in [5.74, 6) is 0. The van der Waals surface area contributed by atoms with Gasteiger partial charge in [0.25, 0.3) is 0 Å². The molecule has 0 bridgehead atoms. The molecular weight excluding hydrogens is 897 g/mol. The van der Waals surface area contributed by atoms with Crippen LogP contribution in [0.5, 0.6) is 0 Å². The number of aryl methyl sites for hydroxylation is 2. The summed E-state index contributed by atoms with van der Waals surface area (Å²) in [5.41, 5.74) is 24.2. The van der Waals surface area contributed by atoms with Gasteiger partial charge >= 0.3 is 0 Å². The summed E-state index contributed by atoms with van der Waals surface area (Å²) in [6.07, 6.45) is 0. The molecule has 0 aliphatic rings. The van der Waals surface area contributed by atoms with Crippen LogP contribution in [0.3, 0.4) is 0 Å². The summed E-state index contributed by atoms with van der Waals surface area (Å²) >= 11 is 0. The molecule has 15 rings (SSSR count). The molecule has 0 atom stereocenters. The van der Waals surface area contributed by atoms with Gasteiger partial charge in [0.05, 0.1) is 55.8 Å². The molecule has 11 aromatic carbocycles. The van der Waals surface area contributed by atoms with Gasteiger partial charge in [0.1, 0.15) is 0 Å². The molecule has 0 aliphatic carbocycles. The lowest BCUT2D eigenvalue weighted by Gasteiger charge is -2.30. The number of fused-ring (bicyclic) bond motifs is 12. The minimum Gasteiger partial charge on any atom is -0.309 e. The maximum Gasteiger partial charge on any atom is 0.0641 e. The van der Waals surface area contributed by atoms with Gasteiger partial charge in [0.2, 0.25) is 0 Å². The van der Waals surface area contributed by atoms with Crippen LogP contribution >= 0.6 is 0 Å². The normalized spacial score (nSPS) is 12.1. The Hall–Kier alpha value is -9.38. The third-order valence-corrected chi connectivity index (χ3v) is 16.3. The summed E-state index contributed by atoms with van der Waals surface area (Å²) < 4.78 is 5.11. The maximum atomic E-state index is 2.56. The number of hydrogen-bond acceptors (Lipinski definition) is 2. The minimum absolute atomic E-state index is 1.12. The number of nitrogens with zero attached hydrogens (tertiary/aromatic N) is 4. The van der Waals surface area contributed by atoms with Gasteiger partial charge in [-0.25, -0.2) is 0 Å². The van der Waals surface area contributed by atoms with E-state index >= 15 is 0 Å². The average Bonchev–Trinajstić information content (AvgIpc) is 4.18. The van der Waals surface area contributed by atoms with E-state index in [0.717, 1.165) is 34.1 Å². The van der Waals surface area contributed by atoms with E-state index in [4.69, 9.17) is 0 Å². The highest BCUT2D eigenvalue weighted by molar-refractivity contribution is 6.32. The molecule has 0 unspecified atom stereocenters. The molecule has 4 heteroatoms. The Balaban J connectivity index is 1.02. The zero-order valence-electron chi connectivity index (χ0n) is 41.7. The molecule has 15 aromatic rings. The Labute approximate surface area is 429 Å². The fourth-order valence-corrected chi connectivity index (χ4v) is 12.7. The average molecular weight is 947 g/mol. The van der Waals surface area contributed by atoms with Crippen molar-refractivity contribution in [2.45, 2.75) is 27.7 Å². The van der Waals surface area contributed by atoms with Crippen LogP contribution in [0.2, 0.25) is 0 Å². The Morgan fingerprint density at radius 1 is 0.284 bits per heavy atom. The highest BCUT2D eigenvalue weighted by atomic mass is 15.2. The molecule has 0 fully saturated rings. The van der Waals surface area contributed by atoms with Crippen LogP contribution in [0, 0.1) is 27.7 Å². The van der Waals surface area contributed by atoms with Gasteiger partial charge in [-0.15, -0.1) is 0 Å². The number of anilines is 6. The standard InChI is InChI=1S/C70H50N4/c1-43-33-37-59(65(45(43)3)47-21-9-5-10-22-47)71(49-25-13-7-14-26-49)61-39-35-51-55-41-64-56(42-63(55)73-57-31-19-17-29-53(57)67(61)69(51)73)52-36-40-62(68-54-30-18-20-32-58(54)74(64)70(52)68)72(50-27-15-8-16-28-50)60-38-34-44(2)46(4)66(60)48-23-11-6-12-24-48/h5-42H,1-4H3. The first-order valence-electron chi connectivity index (χ1n) is 25.8. The van der Waals surface area contributed by atoms with Crippen molar-refractivity contribution in [3.8, 4) is 22.3 Å². The molecule has 0 saturated carbocycles. The molecule has 4 nitrogen and oxygen atoms in total. The van der Waals surface area contributed by atoms with Crippen LogP contribution in [0.15, 0.2) is 231 Å². The monoisotopic (exact) mass is 946 g/mol. The molecule has 4 aromatic heterocycles. The number of para-hydroxylation sites is 4. The molecule has 0 amide bonds. The second-order valence-corrected chi connectivity index (χ2v) is 20.2. The second kappa shape index (κ2) is 16.1. The van der Waals surface area contributed by atoms with E-state index in [2.05, 4.69) is 277 Å². The predicted molar refractivity (Wildman–Crippen MR) is 315 cm³/mol. The number of benzene rings is 11. The first-order valence-corrected chi connectivity index (χ1v) is 25.8. The van der Waals surface area contributed by atoms with Gasteiger partial charge in [0.15, 0.2) is 0 Å². The second-order valence-electron chi connectivity index (χ2n) is 20.2. The van der Waals surface area contributed by atoms with Crippen molar-refractivity contribution in [3.05, 3.63) is 253 Å². The van der Waals surface area contributed by atoms with Gasteiger partial charge in [-0.1, -0.05) is 158 Å². The molecule has 4 heterocycles. The van der Waals surface area contributed by atoms with Crippen LogP contribution in [0.25, 0.3) is 98.4 Å². The van der Waals surface area contributed by atoms with E-state index < -0.39 is 0 Å². The summed E-state index contributed by atoms with van der Waals surface area (Å²) in [6.45, 7) is 8.99. The molecular formula is C70H50N4. The van der Waals surface area contributed by atoms with Gasteiger partial charge in [0, 0.05) is 65.6 Å². The Bertz CT molecular complexity index is 4380. The van der Waals surface area contributed by atoms with E-state index in [1.165, 1.54) is 121 Å². The molecule has 0 N–H and O–H groups in total. The summed E-state index contributed by atoms with van der Waals surface area (Å²) in [7, 11) is 0. The fourth-order valence-electron chi connectivity index (χ4n) is 12.7. The fraction of sp³-hybridized carbons (Fsp3) is 0.0571. The van der Waals surface area contributed by atoms with Crippen LogP contribution in [-0.4, -0.2) is 8.80 Å². The van der Waals surface area contributed by atoms with E-state index in [1.807, 2.05) is 0 Å². The molecule has 0 aliphatic heterocycles. The molecule has 74 heavy (non-hydrogen) atoms. The Kier molecular flexibility index (Phi) is 9.19. The van der Waals surface area contributed by atoms with E-state index in [0.29, 0.717) is 0 Å². The zero-order chi connectivity index (χ0) is 49.3. The summed E-state index contributed by atoms with van der Waals surface area (Å²) in [5, 5.41) is 9.96. The van der Waals surface area contributed by atoms with Crippen LogP contribution < -0.4 is 9.80 Å². The van der Waals surface area contributed by atoms with Gasteiger partial charge in [-0.3, -0.25) is 0 Å². The van der Waals surface area contributed by atoms with E-state index in [9.17, 15) is 0 Å². The highest BCUT2D eigenvalue weighted by Gasteiger charge is 2.30. The van der Waals surface area contributed by atoms with Crippen LogP contribution in [0.1, 0.15) is 22.3 Å². The summed E-state index contributed by atoms with van der Waals surface area (Å²) in [4.78, 5) is 5.01. The molecule has 350 valence electrons. The summed E-state index contributed by atoms with van der Waals surface area (Å²) in [6, 6.07) is 85.4. The number of aromatic nitrogens is 2. The lowest BCUT2D eigenvalue weighted by Crippen LogP contribution is -2.12. The largest absolute Gasteiger partial charge is 0.309 e. The third kappa shape index (κ3) is 5.91. The smallest absolute Gasteiger partial charge is 0.0641 e. The minimum atomic E-state index is 1.12. The quantitative estimate of drug-likeness (QED) is 0.151. The topological polar surface area (TPSA) is 15.3 Å². The van der Waals surface area contributed by atoms with Gasteiger partial charge < -0.3 is 18.6 Å². The van der Waals surface area contributed by atoms with Crippen LogP contribution in [-0.2, 0) is 0 Å². The van der Waals surface area contributed by atoms with Crippen molar-refractivity contribution in [2.75, 3.05) is 9.80 Å². The Morgan fingerprint density at radius 3 is 1.04 bits per heavy atom. The first kappa shape index (κ1) is 42.3. The van der Waals surface area contributed by atoms with E-state index in [-0.39, 0.29) is 0 Å². The lowest BCUT2D eigenvalue weighted by atomic mass is 9.93. The predicted octanol–water partition coefficient (Wildman–Crippen LogP) is 19.5. The van der Waals surface area contributed by atoms with Gasteiger partial charge in [-0.05, 0) is 134 Å². The van der Waals surface area contributed by atoms with Gasteiger partial charge in [-0.2, -0.15) is 0 Å². The van der Waals surface area contributed by atoms with E-state index in [1.54, 1.807) is 0 Å². The van der Waals surface area contributed by atoms with Crippen LogP contribution in [0.4, 0.5) is 34.1 Å². The van der Waals surface area contributed by atoms with Crippen molar-refractivity contribution in [1.82, 2.24) is 8.80 Å². The SMILES string of the molecule is Cc1ccc(N(c2ccccc2)c2ccc3c4cc5c(cc4n4c6ccccc6c2c34)c2ccc(N(c3ccccc3)c3ccc(C)c(C)c3-c3ccccc3)c3c4ccccc4n5c23)c(-c2ccccc2)c1C.